The molecule has 0 aliphatic heterocycles. The molecule has 0 saturated heterocycles. The number of fused-ring (bicyclic) bond motifs is 1. The first kappa shape index (κ1) is 23.8. The minimum Gasteiger partial charge on any atom is -0.492 e. The van der Waals surface area contributed by atoms with Gasteiger partial charge in [0, 0.05) is 43.8 Å². The summed E-state index contributed by atoms with van der Waals surface area (Å²) in [6.07, 6.45) is 1.37. The van der Waals surface area contributed by atoms with Crippen molar-refractivity contribution in [3.63, 3.8) is 0 Å². The van der Waals surface area contributed by atoms with Crippen molar-refractivity contribution in [2.45, 2.75) is 6.29 Å². The van der Waals surface area contributed by atoms with Crippen molar-refractivity contribution in [1.29, 1.82) is 0 Å². The number of anilines is 1. The Balaban J connectivity index is 1.74. The first-order chi connectivity index (χ1) is 16.6. The summed E-state index contributed by atoms with van der Waals surface area (Å²) in [5, 5.41) is 4.35. The summed E-state index contributed by atoms with van der Waals surface area (Å²) in [7, 11) is 7.30. The second-order valence-electron chi connectivity index (χ2n) is 8.17. The lowest BCUT2D eigenvalue weighted by Gasteiger charge is -2.15. The molecule has 0 atom stereocenters. The van der Waals surface area contributed by atoms with Gasteiger partial charge in [-0.2, -0.15) is 0 Å². The SMILES string of the molecule is COC(CNc1ccnc2oc(-c3ccc(OCCN(C)C)cc3)c(-c3ccccc3)c12)OC. The normalized spacial score (nSPS) is 11.5. The number of hydrogen-bond acceptors (Lipinski definition) is 7. The maximum absolute atomic E-state index is 6.33. The minimum atomic E-state index is -0.366. The first-order valence-corrected chi connectivity index (χ1v) is 11.2. The Bertz CT molecular complexity index is 1190. The van der Waals surface area contributed by atoms with Crippen molar-refractivity contribution in [2.75, 3.05) is 53.3 Å². The molecule has 0 unspecified atom stereocenters. The Labute approximate surface area is 200 Å². The molecule has 34 heavy (non-hydrogen) atoms. The Hall–Kier alpha value is -3.39. The first-order valence-electron chi connectivity index (χ1n) is 11.2. The van der Waals surface area contributed by atoms with Gasteiger partial charge in [0.25, 0.3) is 0 Å². The third-order valence-corrected chi connectivity index (χ3v) is 5.56. The van der Waals surface area contributed by atoms with Gasteiger partial charge < -0.3 is 28.8 Å². The van der Waals surface area contributed by atoms with Gasteiger partial charge in [0.1, 0.15) is 18.1 Å². The van der Waals surface area contributed by atoms with Crippen molar-refractivity contribution in [3.8, 4) is 28.2 Å². The summed E-state index contributed by atoms with van der Waals surface area (Å²) >= 11 is 0. The molecule has 0 saturated carbocycles. The fourth-order valence-corrected chi connectivity index (χ4v) is 3.76. The molecule has 0 fully saturated rings. The zero-order valence-electron chi connectivity index (χ0n) is 20.1. The van der Waals surface area contributed by atoms with Crippen LogP contribution in [0.3, 0.4) is 0 Å². The monoisotopic (exact) mass is 461 g/mol. The third kappa shape index (κ3) is 5.39. The standard InChI is InChI=1S/C27H31N3O4/c1-30(2)16-17-33-21-12-10-20(11-13-21)26-24(19-8-6-5-7-9-19)25-22(14-15-28-27(25)34-26)29-18-23(31-3)32-4/h5-15,23H,16-18H2,1-4H3,(H,28,29). The van der Waals surface area contributed by atoms with Crippen LogP contribution in [0.4, 0.5) is 5.69 Å². The highest BCUT2D eigenvalue weighted by Crippen LogP contribution is 2.43. The van der Waals surface area contributed by atoms with Crippen molar-refractivity contribution in [2.24, 2.45) is 0 Å². The molecule has 1 N–H and O–H groups in total. The number of benzene rings is 2. The van der Waals surface area contributed by atoms with Gasteiger partial charge in [0.15, 0.2) is 6.29 Å². The molecule has 7 heteroatoms. The molecule has 0 aliphatic carbocycles. The maximum Gasteiger partial charge on any atom is 0.229 e. The molecule has 0 radical (unpaired) electrons. The Kier molecular flexibility index (Phi) is 7.80. The average Bonchev–Trinajstić information content (AvgIpc) is 3.26. The average molecular weight is 462 g/mol. The number of methoxy groups -OCH3 is 2. The number of pyridine rings is 1. The largest absolute Gasteiger partial charge is 0.492 e. The van der Waals surface area contributed by atoms with Crippen LogP contribution in [0.1, 0.15) is 0 Å². The van der Waals surface area contributed by atoms with Crippen molar-refractivity contribution >= 4 is 16.8 Å². The molecule has 2 aromatic carbocycles. The van der Waals surface area contributed by atoms with E-state index >= 15 is 0 Å². The molecule has 0 amide bonds. The van der Waals surface area contributed by atoms with Gasteiger partial charge in [-0.25, -0.2) is 4.98 Å². The van der Waals surface area contributed by atoms with Gasteiger partial charge in [-0.3, -0.25) is 0 Å². The molecular formula is C27H31N3O4. The number of ether oxygens (including phenoxy) is 3. The summed E-state index contributed by atoms with van der Waals surface area (Å²) in [5.41, 5.74) is 4.46. The number of aromatic nitrogens is 1. The lowest BCUT2D eigenvalue weighted by molar-refractivity contribution is -0.0913. The highest BCUT2D eigenvalue weighted by Gasteiger charge is 2.21. The molecule has 4 aromatic rings. The van der Waals surface area contributed by atoms with E-state index in [1.54, 1.807) is 20.4 Å². The Morgan fingerprint density at radius 3 is 2.35 bits per heavy atom. The van der Waals surface area contributed by atoms with Gasteiger partial charge in [0.2, 0.25) is 5.71 Å². The van der Waals surface area contributed by atoms with E-state index < -0.39 is 0 Å². The van der Waals surface area contributed by atoms with E-state index in [2.05, 4.69) is 27.3 Å². The summed E-state index contributed by atoms with van der Waals surface area (Å²) in [6.45, 7) is 1.98. The molecule has 2 heterocycles. The number of nitrogens with one attached hydrogen (secondary N) is 1. The van der Waals surface area contributed by atoms with E-state index in [0.717, 1.165) is 45.8 Å². The van der Waals surface area contributed by atoms with E-state index in [-0.39, 0.29) is 6.29 Å². The lowest BCUT2D eigenvalue weighted by atomic mass is 9.98. The molecule has 0 spiro atoms. The van der Waals surface area contributed by atoms with Crippen LogP contribution in [0.15, 0.2) is 71.3 Å². The van der Waals surface area contributed by atoms with Crippen LogP contribution in [0.5, 0.6) is 5.75 Å². The smallest absolute Gasteiger partial charge is 0.229 e. The van der Waals surface area contributed by atoms with Gasteiger partial charge >= 0.3 is 0 Å². The second kappa shape index (κ2) is 11.2. The maximum atomic E-state index is 6.33. The number of likely N-dealkylation sites (N-methyl/N-ethyl adjacent to an activating group) is 1. The van der Waals surface area contributed by atoms with Crippen LogP contribution in [-0.2, 0) is 9.47 Å². The number of furan rings is 1. The summed E-state index contributed by atoms with van der Waals surface area (Å²) in [6, 6.07) is 20.1. The minimum absolute atomic E-state index is 0.366. The topological polar surface area (TPSA) is 69.0 Å². The van der Waals surface area contributed by atoms with Crippen LogP contribution in [0.25, 0.3) is 33.6 Å². The van der Waals surface area contributed by atoms with Gasteiger partial charge in [-0.1, -0.05) is 30.3 Å². The van der Waals surface area contributed by atoms with Crippen molar-refractivity contribution in [3.05, 3.63) is 66.9 Å². The van der Waals surface area contributed by atoms with E-state index in [0.29, 0.717) is 18.9 Å². The van der Waals surface area contributed by atoms with Gasteiger partial charge in [-0.05, 0) is 50.0 Å². The van der Waals surface area contributed by atoms with E-state index in [1.165, 1.54) is 0 Å². The molecule has 7 nitrogen and oxygen atoms in total. The summed E-state index contributed by atoms with van der Waals surface area (Å²) in [4.78, 5) is 6.61. The number of nitrogens with zero attached hydrogens (tertiary/aromatic N) is 2. The zero-order chi connectivity index (χ0) is 23.9. The fraction of sp³-hybridized carbons (Fsp3) is 0.296. The number of rotatable bonds is 11. The van der Waals surface area contributed by atoms with Gasteiger partial charge in [0.05, 0.1) is 11.9 Å². The predicted molar refractivity (Wildman–Crippen MR) is 135 cm³/mol. The summed E-state index contributed by atoms with van der Waals surface area (Å²) < 4.78 is 22.9. The quantitative estimate of drug-likeness (QED) is 0.310. The fourth-order valence-electron chi connectivity index (χ4n) is 3.76. The predicted octanol–water partition coefficient (Wildman–Crippen LogP) is 5.13. The second-order valence-corrected chi connectivity index (χ2v) is 8.17. The van der Waals surface area contributed by atoms with Crippen molar-refractivity contribution < 1.29 is 18.6 Å². The number of hydrogen-bond donors (Lipinski definition) is 1. The lowest BCUT2D eigenvalue weighted by Crippen LogP contribution is -2.23. The van der Waals surface area contributed by atoms with E-state index in [4.69, 9.17) is 18.6 Å². The van der Waals surface area contributed by atoms with Gasteiger partial charge in [-0.15, -0.1) is 0 Å². The molecule has 2 aromatic heterocycles. The van der Waals surface area contributed by atoms with Crippen LogP contribution < -0.4 is 10.1 Å². The molecular weight excluding hydrogens is 430 g/mol. The van der Waals surface area contributed by atoms with Crippen LogP contribution in [0, 0.1) is 0 Å². The summed E-state index contributed by atoms with van der Waals surface area (Å²) in [5.74, 6) is 1.59. The molecule has 178 valence electrons. The van der Waals surface area contributed by atoms with Crippen LogP contribution >= 0.6 is 0 Å². The van der Waals surface area contributed by atoms with E-state index in [1.807, 2.05) is 62.6 Å². The molecule has 0 aliphatic rings. The third-order valence-electron chi connectivity index (χ3n) is 5.56. The van der Waals surface area contributed by atoms with Crippen LogP contribution in [0.2, 0.25) is 0 Å². The Morgan fingerprint density at radius 2 is 1.68 bits per heavy atom. The molecule has 4 rings (SSSR count). The van der Waals surface area contributed by atoms with Crippen molar-refractivity contribution in [1.82, 2.24) is 9.88 Å². The van der Waals surface area contributed by atoms with E-state index in [9.17, 15) is 0 Å². The molecule has 0 bridgehead atoms. The highest BCUT2D eigenvalue weighted by molar-refractivity contribution is 6.06. The van der Waals surface area contributed by atoms with Crippen LogP contribution in [-0.4, -0.2) is 64.2 Å². The zero-order valence-corrected chi connectivity index (χ0v) is 20.1. The Morgan fingerprint density at radius 1 is 0.941 bits per heavy atom. The highest BCUT2D eigenvalue weighted by atomic mass is 16.7.